The number of carbonyl (C=O) groups excluding carboxylic acids is 2. The zero-order valence-electron chi connectivity index (χ0n) is 15.2. The van der Waals surface area contributed by atoms with Crippen LogP contribution in [0.3, 0.4) is 0 Å². The Hall–Kier alpha value is -3.14. The number of aromatic amines is 1. The molecule has 1 saturated carbocycles. The number of fused-ring (bicyclic) bond motifs is 1. The van der Waals surface area contributed by atoms with Gasteiger partial charge in [0.15, 0.2) is 0 Å². The molecule has 27 heavy (non-hydrogen) atoms. The molecule has 1 aliphatic carbocycles. The van der Waals surface area contributed by atoms with E-state index in [1.54, 1.807) is 4.90 Å². The van der Waals surface area contributed by atoms with Crippen molar-refractivity contribution in [1.29, 1.82) is 5.26 Å². The molecule has 4 rings (SSSR count). The molecule has 138 valence electrons. The van der Waals surface area contributed by atoms with Gasteiger partial charge in [0.2, 0.25) is 11.8 Å². The predicted octanol–water partition coefficient (Wildman–Crippen LogP) is 2.83. The second kappa shape index (κ2) is 6.88. The Kier molecular flexibility index (Phi) is 4.40. The third kappa shape index (κ3) is 3.43. The highest BCUT2D eigenvalue weighted by molar-refractivity contribution is 5.97. The maximum Gasteiger partial charge on any atom is 0.237 e. The largest absolute Gasteiger partial charge is 0.346 e. The fourth-order valence-corrected chi connectivity index (χ4v) is 3.60. The Morgan fingerprint density at radius 1 is 1.44 bits per heavy atom. The number of nitrogens with one attached hydrogen (secondary N) is 2. The smallest absolute Gasteiger partial charge is 0.237 e. The van der Waals surface area contributed by atoms with Crippen LogP contribution in [0, 0.1) is 17.2 Å². The summed E-state index contributed by atoms with van der Waals surface area (Å²) in [6.07, 6.45) is 4.36. The number of rotatable bonds is 4. The van der Waals surface area contributed by atoms with Crippen molar-refractivity contribution in [2.24, 2.45) is 5.92 Å². The molecular weight excluding hydrogens is 342 g/mol. The van der Waals surface area contributed by atoms with Gasteiger partial charge in [-0.05, 0) is 49.5 Å². The Bertz CT molecular complexity index is 993. The van der Waals surface area contributed by atoms with Crippen LogP contribution in [0.2, 0.25) is 0 Å². The van der Waals surface area contributed by atoms with Crippen molar-refractivity contribution in [1.82, 2.24) is 14.9 Å². The molecule has 0 unspecified atom stereocenters. The van der Waals surface area contributed by atoms with Crippen molar-refractivity contribution in [3.63, 3.8) is 0 Å². The molecule has 0 radical (unpaired) electrons. The summed E-state index contributed by atoms with van der Waals surface area (Å²) in [6, 6.07) is 5.84. The number of aromatic nitrogens is 2. The number of pyridine rings is 1. The molecule has 2 N–H and O–H groups in total. The molecule has 2 aromatic heterocycles. The van der Waals surface area contributed by atoms with E-state index >= 15 is 0 Å². The zero-order valence-corrected chi connectivity index (χ0v) is 15.2. The van der Waals surface area contributed by atoms with Crippen LogP contribution in [-0.4, -0.2) is 39.8 Å². The number of amides is 2. The molecule has 0 atom stereocenters. The lowest BCUT2D eigenvalue weighted by Gasteiger charge is -2.29. The van der Waals surface area contributed by atoms with E-state index in [0.29, 0.717) is 25.3 Å². The molecular formula is C20H21N5O2. The van der Waals surface area contributed by atoms with Crippen molar-refractivity contribution in [2.45, 2.75) is 32.6 Å². The molecule has 3 heterocycles. The number of nitriles is 1. The summed E-state index contributed by atoms with van der Waals surface area (Å²) in [6.45, 7) is 3.13. The van der Waals surface area contributed by atoms with Crippen LogP contribution in [-0.2, 0) is 9.59 Å². The van der Waals surface area contributed by atoms with Crippen LogP contribution in [0.1, 0.15) is 38.2 Å². The molecule has 0 spiro atoms. The molecule has 0 saturated heterocycles. The topological polar surface area (TPSA) is 102 Å². The summed E-state index contributed by atoms with van der Waals surface area (Å²) < 4.78 is 0. The monoisotopic (exact) mass is 363 g/mol. The van der Waals surface area contributed by atoms with Gasteiger partial charge in [0.1, 0.15) is 17.9 Å². The average Bonchev–Trinajstić information content (AvgIpc) is 3.40. The van der Waals surface area contributed by atoms with Gasteiger partial charge in [-0.3, -0.25) is 9.59 Å². The molecule has 2 amide bonds. The summed E-state index contributed by atoms with van der Waals surface area (Å²) in [7, 11) is 0. The Labute approximate surface area is 157 Å². The highest BCUT2D eigenvalue weighted by Crippen LogP contribution is 2.34. The third-order valence-electron chi connectivity index (χ3n) is 5.21. The first kappa shape index (κ1) is 17.3. The zero-order chi connectivity index (χ0) is 19.0. The van der Waals surface area contributed by atoms with Crippen molar-refractivity contribution in [3.05, 3.63) is 29.5 Å². The SMILES string of the molecule is CC1=C(c2cc(NC(=O)C3CC3)nc3[nH]ccc23)CCN(C(=O)CC#N)C1. The molecule has 7 nitrogen and oxygen atoms in total. The molecule has 1 aliphatic heterocycles. The van der Waals surface area contributed by atoms with Crippen LogP contribution in [0.15, 0.2) is 23.9 Å². The van der Waals surface area contributed by atoms with Crippen LogP contribution in [0.5, 0.6) is 0 Å². The number of hydrogen-bond donors (Lipinski definition) is 2. The predicted molar refractivity (Wildman–Crippen MR) is 101 cm³/mol. The fraction of sp³-hybridized carbons (Fsp3) is 0.400. The Balaban J connectivity index is 1.67. The maximum atomic E-state index is 12.1. The number of carbonyl (C=O) groups is 2. The van der Waals surface area contributed by atoms with E-state index in [2.05, 4.69) is 15.3 Å². The number of nitrogens with zero attached hydrogens (tertiary/aromatic N) is 3. The van der Waals surface area contributed by atoms with E-state index in [1.807, 2.05) is 31.3 Å². The van der Waals surface area contributed by atoms with Gasteiger partial charge in [0.05, 0.1) is 6.07 Å². The molecule has 7 heteroatoms. The van der Waals surface area contributed by atoms with Crippen LogP contribution in [0.4, 0.5) is 5.82 Å². The molecule has 1 fully saturated rings. The van der Waals surface area contributed by atoms with E-state index < -0.39 is 0 Å². The van der Waals surface area contributed by atoms with E-state index in [-0.39, 0.29) is 24.2 Å². The second-order valence-electron chi connectivity index (χ2n) is 7.22. The van der Waals surface area contributed by atoms with Crippen molar-refractivity contribution in [2.75, 3.05) is 18.4 Å². The van der Waals surface area contributed by atoms with Crippen molar-refractivity contribution in [3.8, 4) is 6.07 Å². The average molecular weight is 363 g/mol. The summed E-state index contributed by atoms with van der Waals surface area (Å²) in [5.74, 6) is 0.571. The molecule has 2 aliphatic rings. The van der Waals surface area contributed by atoms with Gasteiger partial charge in [-0.2, -0.15) is 5.26 Å². The summed E-state index contributed by atoms with van der Waals surface area (Å²) in [5.41, 5.74) is 4.05. The minimum absolute atomic E-state index is 0.0296. The first-order valence-electron chi connectivity index (χ1n) is 9.19. The summed E-state index contributed by atoms with van der Waals surface area (Å²) in [5, 5.41) is 12.7. The molecule has 2 aromatic rings. The van der Waals surface area contributed by atoms with Crippen molar-refractivity contribution >= 4 is 34.2 Å². The lowest BCUT2D eigenvalue weighted by molar-refractivity contribution is -0.129. The molecule has 0 aromatic carbocycles. The minimum Gasteiger partial charge on any atom is -0.346 e. The normalized spacial score (nSPS) is 17.1. The van der Waals surface area contributed by atoms with Gasteiger partial charge in [0.25, 0.3) is 0 Å². The lowest BCUT2D eigenvalue weighted by Crippen LogP contribution is -2.36. The van der Waals surface area contributed by atoms with Gasteiger partial charge in [-0.25, -0.2) is 4.98 Å². The first-order valence-corrected chi connectivity index (χ1v) is 9.19. The number of hydrogen-bond acceptors (Lipinski definition) is 4. The maximum absolute atomic E-state index is 12.1. The standard InChI is InChI=1S/C20H21N5O2/c1-12-11-25(18(26)4-7-21)9-6-14(12)16-10-17(24-20(27)13-2-3-13)23-19-15(16)5-8-22-19/h5,8,10,13H,2-4,6,9,11H2,1H3,(H2,22,23,24,27). The Morgan fingerprint density at radius 2 is 2.26 bits per heavy atom. The second-order valence-corrected chi connectivity index (χ2v) is 7.22. The van der Waals surface area contributed by atoms with Gasteiger partial charge < -0.3 is 15.2 Å². The third-order valence-corrected chi connectivity index (χ3v) is 5.21. The van der Waals surface area contributed by atoms with Crippen LogP contribution < -0.4 is 5.32 Å². The van der Waals surface area contributed by atoms with Crippen molar-refractivity contribution < 1.29 is 9.59 Å². The molecule has 0 bridgehead atoms. The summed E-state index contributed by atoms with van der Waals surface area (Å²) in [4.78, 5) is 33.5. The van der Waals surface area contributed by atoms with E-state index in [4.69, 9.17) is 5.26 Å². The van der Waals surface area contributed by atoms with Crippen LogP contribution in [0.25, 0.3) is 16.6 Å². The van der Waals surface area contributed by atoms with E-state index in [0.717, 1.165) is 35.0 Å². The summed E-state index contributed by atoms with van der Waals surface area (Å²) >= 11 is 0. The highest BCUT2D eigenvalue weighted by atomic mass is 16.2. The lowest BCUT2D eigenvalue weighted by atomic mass is 9.92. The van der Waals surface area contributed by atoms with Gasteiger partial charge in [-0.1, -0.05) is 5.57 Å². The number of H-pyrrole nitrogens is 1. The van der Waals surface area contributed by atoms with Gasteiger partial charge in [-0.15, -0.1) is 0 Å². The van der Waals surface area contributed by atoms with Crippen LogP contribution >= 0.6 is 0 Å². The van der Waals surface area contributed by atoms with Gasteiger partial charge in [0, 0.05) is 30.6 Å². The number of anilines is 1. The first-order chi connectivity index (χ1) is 13.1. The highest BCUT2D eigenvalue weighted by Gasteiger charge is 2.30. The Morgan fingerprint density at radius 3 is 2.96 bits per heavy atom. The van der Waals surface area contributed by atoms with E-state index in [9.17, 15) is 9.59 Å². The van der Waals surface area contributed by atoms with Gasteiger partial charge >= 0.3 is 0 Å². The van der Waals surface area contributed by atoms with E-state index in [1.165, 1.54) is 5.57 Å². The quantitative estimate of drug-likeness (QED) is 0.872. The minimum atomic E-state index is -0.130. The fourth-order valence-electron chi connectivity index (χ4n) is 3.60.